The molecule has 0 unspecified atom stereocenters. The molecule has 0 saturated heterocycles. The van der Waals surface area contributed by atoms with E-state index in [9.17, 15) is 14.4 Å². The lowest BCUT2D eigenvalue weighted by Crippen LogP contribution is -2.37. The Morgan fingerprint density at radius 1 is 1.21 bits per heavy atom. The number of ether oxygens (including phenoxy) is 2. The summed E-state index contributed by atoms with van der Waals surface area (Å²) in [5, 5.41) is 0. The SMILES string of the molecule is COC(=O)c1cccc(CC(=O)CN(C)C(=O)OC(C)(C)C)c1N. The predicted molar refractivity (Wildman–Crippen MR) is 89.8 cm³/mol. The predicted octanol–water partition coefficient (Wildman–Crippen LogP) is 2.03. The van der Waals surface area contributed by atoms with E-state index in [1.54, 1.807) is 32.9 Å². The number of anilines is 1. The number of methoxy groups -OCH3 is 1. The van der Waals surface area contributed by atoms with Gasteiger partial charge in [0.1, 0.15) is 5.60 Å². The third-order valence-electron chi connectivity index (χ3n) is 3.11. The van der Waals surface area contributed by atoms with Gasteiger partial charge >= 0.3 is 12.1 Å². The summed E-state index contributed by atoms with van der Waals surface area (Å²) in [4.78, 5) is 36.9. The molecule has 0 bridgehead atoms. The van der Waals surface area contributed by atoms with E-state index in [4.69, 9.17) is 10.5 Å². The van der Waals surface area contributed by atoms with Crippen molar-refractivity contribution >= 4 is 23.5 Å². The molecule has 0 atom stereocenters. The normalized spacial score (nSPS) is 10.9. The van der Waals surface area contributed by atoms with Crippen LogP contribution >= 0.6 is 0 Å². The van der Waals surface area contributed by atoms with Crippen LogP contribution in [0.15, 0.2) is 18.2 Å². The average Bonchev–Trinajstić information content (AvgIpc) is 2.46. The lowest BCUT2D eigenvalue weighted by atomic mass is 10.0. The maximum atomic E-state index is 12.2. The highest BCUT2D eigenvalue weighted by atomic mass is 16.6. The van der Waals surface area contributed by atoms with Gasteiger partial charge in [-0.1, -0.05) is 12.1 Å². The number of ketones is 1. The van der Waals surface area contributed by atoms with Gasteiger partial charge in [0.2, 0.25) is 0 Å². The highest BCUT2D eigenvalue weighted by Crippen LogP contribution is 2.19. The van der Waals surface area contributed by atoms with Gasteiger partial charge in [0.15, 0.2) is 5.78 Å². The van der Waals surface area contributed by atoms with Crippen molar-refractivity contribution in [1.82, 2.24) is 4.90 Å². The highest BCUT2D eigenvalue weighted by Gasteiger charge is 2.22. The summed E-state index contributed by atoms with van der Waals surface area (Å²) in [6, 6.07) is 4.82. The number of rotatable bonds is 5. The zero-order valence-corrected chi connectivity index (χ0v) is 14.7. The van der Waals surface area contributed by atoms with Crippen LogP contribution in [0, 0.1) is 0 Å². The molecule has 7 heteroatoms. The van der Waals surface area contributed by atoms with Crippen LogP contribution in [0.5, 0.6) is 0 Å². The molecule has 7 nitrogen and oxygen atoms in total. The molecule has 0 aliphatic carbocycles. The molecule has 1 aromatic rings. The fourth-order valence-electron chi connectivity index (χ4n) is 1.99. The van der Waals surface area contributed by atoms with E-state index in [0.29, 0.717) is 5.56 Å². The van der Waals surface area contributed by atoms with Crippen LogP contribution in [0.3, 0.4) is 0 Å². The van der Waals surface area contributed by atoms with Crippen molar-refractivity contribution in [2.45, 2.75) is 32.8 Å². The van der Waals surface area contributed by atoms with E-state index in [1.807, 2.05) is 0 Å². The smallest absolute Gasteiger partial charge is 0.410 e. The molecule has 0 heterocycles. The molecule has 132 valence electrons. The number of hydrogen-bond acceptors (Lipinski definition) is 6. The van der Waals surface area contributed by atoms with Crippen LogP contribution in [-0.2, 0) is 20.7 Å². The number of benzene rings is 1. The Morgan fingerprint density at radius 3 is 2.38 bits per heavy atom. The number of carbonyl (C=O) groups is 3. The maximum Gasteiger partial charge on any atom is 0.410 e. The summed E-state index contributed by atoms with van der Waals surface area (Å²) in [6.07, 6.45) is -0.573. The monoisotopic (exact) mass is 336 g/mol. The number of amides is 1. The van der Waals surface area contributed by atoms with Crippen LogP contribution in [0.2, 0.25) is 0 Å². The number of esters is 1. The first kappa shape index (κ1) is 19.5. The van der Waals surface area contributed by atoms with Crippen LogP contribution in [0.25, 0.3) is 0 Å². The summed E-state index contributed by atoms with van der Waals surface area (Å²) in [6.45, 7) is 5.13. The molecule has 1 rings (SSSR count). The number of para-hydroxylation sites is 1. The van der Waals surface area contributed by atoms with Gasteiger partial charge in [0.05, 0.1) is 19.2 Å². The number of nitrogen functional groups attached to an aromatic ring is 1. The second-order valence-corrected chi connectivity index (χ2v) is 6.42. The lowest BCUT2D eigenvalue weighted by molar-refractivity contribution is -0.119. The Balaban J connectivity index is 2.75. The first-order valence-electron chi connectivity index (χ1n) is 7.46. The molecule has 0 saturated carbocycles. The summed E-state index contributed by atoms with van der Waals surface area (Å²) in [5.74, 6) is -0.787. The molecule has 0 aliphatic heterocycles. The Bertz CT molecular complexity index is 634. The van der Waals surface area contributed by atoms with Gasteiger partial charge in [0.25, 0.3) is 0 Å². The van der Waals surface area contributed by atoms with Gasteiger partial charge < -0.3 is 20.1 Å². The van der Waals surface area contributed by atoms with E-state index in [0.717, 1.165) is 0 Å². The van der Waals surface area contributed by atoms with Gasteiger partial charge in [0, 0.05) is 19.2 Å². The van der Waals surface area contributed by atoms with Crippen molar-refractivity contribution in [2.24, 2.45) is 0 Å². The zero-order chi connectivity index (χ0) is 18.5. The second-order valence-electron chi connectivity index (χ2n) is 6.42. The van der Waals surface area contributed by atoms with E-state index in [1.165, 1.54) is 25.1 Å². The Kier molecular flexibility index (Phi) is 6.34. The molecular formula is C17H24N2O5. The van der Waals surface area contributed by atoms with Gasteiger partial charge in [-0.3, -0.25) is 4.79 Å². The van der Waals surface area contributed by atoms with Crippen molar-refractivity contribution < 1.29 is 23.9 Å². The quantitative estimate of drug-likeness (QED) is 0.652. The van der Waals surface area contributed by atoms with Crippen LogP contribution in [-0.4, -0.2) is 49.0 Å². The second kappa shape index (κ2) is 7.81. The standard InChI is InChI=1S/C17H24N2O5/c1-17(2,3)24-16(22)19(4)10-12(20)9-11-7-6-8-13(14(11)18)15(21)23-5/h6-8H,9-10,18H2,1-5H3. The number of Topliss-reactive ketones (excluding diaryl/α,β-unsaturated/α-hetero) is 1. The summed E-state index contributed by atoms with van der Waals surface area (Å²) in [5.41, 5.74) is 6.22. The molecule has 1 aromatic carbocycles. The Morgan fingerprint density at radius 2 is 1.83 bits per heavy atom. The van der Waals surface area contributed by atoms with Crippen LogP contribution in [0.1, 0.15) is 36.7 Å². The first-order valence-corrected chi connectivity index (χ1v) is 7.46. The highest BCUT2D eigenvalue weighted by molar-refractivity contribution is 5.97. The lowest BCUT2D eigenvalue weighted by Gasteiger charge is -2.24. The minimum Gasteiger partial charge on any atom is -0.465 e. The molecule has 0 spiro atoms. The van der Waals surface area contributed by atoms with Crippen molar-refractivity contribution in [3.63, 3.8) is 0 Å². The largest absolute Gasteiger partial charge is 0.465 e. The summed E-state index contributed by atoms with van der Waals surface area (Å²) >= 11 is 0. The Labute approximate surface area is 141 Å². The zero-order valence-electron chi connectivity index (χ0n) is 14.7. The van der Waals surface area contributed by atoms with Crippen molar-refractivity contribution in [2.75, 3.05) is 26.4 Å². The maximum absolute atomic E-state index is 12.2. The summed E-state index contributed by atoms with van der Waals surface area (Å²) < 4.78 is 9.83. The number of likely N-dealkylation sites (N-methyl/N-ethyl adjacent to an activating group) is 1. The van der Waals surface area contributed by atoms with E-state index < -0.39 is 17.7 Å². The van der Waals surface area contributed by atoms with Gasteiger partial charge in [-0.15, -0.1) is 0 Å². The molecule has 0 fully saturated rings. The molecular weight excluding hydrogens is 312 g/mol. The number of nitrogens with zero attached hydrogens (tertiary/aromatic N) is 1. The molecule has 0 aliphatic rings. The van der Waals surface area contributed by atoms with E-state index >= 15 is 0 Å². The molecule has 24 heavy (non-hydrogen) atoms. The topological polar surface area (TPSA) is 98.9 Å². The van der Waals surface area contributed by atoms with E-state index in [-0.39, 0.29) is 30.0 Å². The fraction of sp³-hybridized carbons (Fsp3) is 0.471. The molecule has 1 amide bonds. The van der Waals surface area contributed by atoms with Gasteiger partial charge in [-0.05, 0) is 32.4 Å². The van der Waals surface area contributed by atoms with Crippen LogP contribution < -0.4 is 5.73 Å². The number of nitrogens with two attached hydrogens (primary N) is 1. The van der Waals surface area contributed by atoms with Crippen molar-refractivity contribution in [3.05, 3.63) is 29.3 Å². The molecule has 0 aromatic heterocycles. The minimum atomic E-state index is -0.631. The number of hydrogen-bond donors (Lipinski definition) is 1. The summed E-state index contributed by atoms with van der Waals surface area (Å²) in [7, 11) is 2.75. The average molecular weight is 336 g/mol. The van der Waals surface area contributed by atoms with Gasteiger partial charge in [-0.25, -0.2) is 9.59 Å². The van der Waals surface area contributed by atoms with Gasteiger partial charge in [-0.2, -0.15) is 0 Å². The third kappa shape index (κ3) is 5.57. The van der Waals surface area contributed by atoms with Crippen LogP contribution in [0.4, 0.5) is 10.5 Å². The number of carbonyl (C=O) groups excluding carboxylic acids is 3. The minimum absolute atomic E-state index is 0.00378. The first-order chi connectivity index (χ1) is 11.0. The third-order valence-corrected chi connectivity index (χ3v) is 3.11. The fourth-order valence-corrected chi connectivity index (χ4v) is 1.99. The molecule has 2 N–H and O–H groups in total. The van der Waals surface area contributed by atoms with Crippen molar-refractivity contribution in [3.8, 4) is 0 Å². The van der Waals surface area contributed by atoms with E-state index in [2.05, 4.69) is 4.74 Å². The Hall–Kier alpha value is -2.57. The molecule has 0 radical (unpaired) electrons. The van der Waals surface area contributed by atoms with Crippen molar-refractivity contribution in [1.29, 1.82) is 0 Å².